The second-order valence-electron chi connectivity index (χ2n) is 9.20. The first-order valence-corrected chi connectivity index (χ1v) is 11.6. The molecule has 3 aromatic rings. The Morgan fingerprint density at radius 3 is 2.47 bits per heavy atom. The molecule has 6 rings (SSSR count). The molecule has 0 aromatic heterocycles. The molecule has 3 aliphatic rings. The lowest BCUT2D eigenvalue weighted by Crippen LogP contribution is -2.44. The van der Waals surface area contributed by atoms with Gasteiger partial charge in [0.25, 0.3) is 0 Å². The van der Waals surface area contributed by atoms with Gasteiger partial charge in [-0.3, -0.25) is 0 Å². The molecule has 0 N–H and O–H groups in total. The molecule has 1 saturated heterocycles. The van der Waals surface area contributed by atoms with Crippen molar-refractivity contribution in [2.75, 3.05) is 18.6 Å². The van der Waals surface area contributed by atoms with Crippen LogP contribution in [-0.4, -0.2) is 25.9 Å². The minimum atomic E-state index is -0.0513. The Labute approximate surface area is 190 Å². The molecule has 3 nitrogen and oxygen atoms in total. The van der Waals surface area contributed by atoms with Crippen LogP contribution in [0.15, 0.2) is 84.4 Å². The molecule has 1 fully saturated rings. The standard InChI is InChI=1S/C29H29NO2/c1-19-12-14-20(15-13-19)18-30-24-11-7-6-10-22(24)25-23-16-17-32-28(23)26(25)29(31-2)27(30)21-8-4-3-5-9-21/h3-15,23,27-29H,16-18H2,1-2H3/t23-,27-,28-,29-/m1/s1. The number of para-hydroxylation sites is 1. The van der Waals surface area contributed by atoms with Crippen LogP contribution in [-0.2, 0) is 16.0 Å². The fourth-order valence-electron chi connectivity index (χ4n) is 5.90. The van der Waals surface area contributed by atoms with E-state index in [0.717, 1.165) is 19.6 Å². The normalized spacial score (nSPS) is 26.1. The van der Waals surface area contributed by atoms with Crippen molar-refractivity contribution in [2.24, 2.45) is 5.92 Å². The van der Waals surface area contributed by atoms with Gasteiger partial charge in [-0.25, -0.2) is 0 Å². The molecule has 2 heterocycles. The average Bonchev–Trinajstić information content (AvgIpc) is 3.19. The third-order valence-electron chi connectivity index (χ3n) is 7.38. The van der Waals surface area contributed by atoms with Gasteiger partial charge in [-0.15, -0.1) is 0 Å². The Morgan fingerprint density at radius 1 is 0.938 bits per heavy atom. The van der Waals surface area contributed by atoms with Gasteiger partial charge in [0.1, 0.15) is 6.10 Å². The van der Waals surface area contributed by atoms with Crippen LogP contribution in [0.2, 0.25) is 0 Å². The quantitative estimate of drug-likeness (QED) is 0.518. The molecule has 2 aliphatic heterocycles. The average molecular weight is 424 g/mol. The van der Waals surface area contributed by atoms with Gasteiger partial charge in [0, 0.05) is 37.4 Å². The molecule has 0 bridgehead atoms. The van der Waals surface area contributed by atoms with Crippen molar-refractivity contribution in [1.29, 1.82) is 0 Å². The largest absolute Gasteiger partial charge is 0.374 e. The molecule has 3 heteroatoms. The number of aryl methyl sites for hydroxylation is 1. The van der Waals surface area contributed by atoms with Gasteiger partial charge >= 0.3 is 0 Å². The summed E-state index contributed by atoms with van der Waals surface area (Å²) < 4.78 is 12.5. The van der Waals surface area contributed by atoms with Crippen LogP contribution in [0.25, 0.3) is 5.57 Å². The van der Waals surface area contributed by atoms with Gasteiger partial charge in [0.2, 0.25) is 0 Å². The maximum Gasteiger partial charge on any atom is 0.106 e. The van der Waals surface area contributed by atoms with Crippen molar-refractivity contribution in [2.45, 2.75) is 38.1 Å². The highest BCUT2D eigenvalue weighted by Gasteiger charge is 2.53. The molecule has 0 saturated carbocycles. The Hall–Kier alpha value is -2.88. The summed E-state index contributed by atoms with van der Waals surface area (Å²) in [6.45, 7) is 3.81. The number of benzene rings is 3. The van der Waals surface area contributed by atoms with Crippen molar-refractivity contribution in [3.8, 4) is 0 Å². The van der Waals surface area contributed by atoms with E-state index in [1.54, 1.807) is 0 Å². The SMILES string of the molecule is CO[C@@H]1C2=C(c3ccccc3N(Cc3ccc(C)cc3)[C@@H]1c1ccccc1)[C@H]1CCO[C@@H]21. The lowest BCUT2D eigenvalue weighted by atomic mass is 9.68. The van der Waals surface area contributed by atoms with E-state index in [-0.39, 0.29) is 18.2 Å². The topological polar surface area (TPSA) is 21.7 Å². The molecule has 0 unspecified atom stereocenters. The van der Waals surface area contributed by atoms with Crippen LogP contribution < -0.4 is 4.90 Å². The van der Waals surface area contributed by atoms with Gasteiger partial charge in [-0.1, -0.05) is 78.4 Å². The maximum absolute atomic E-state index is 6.32. The van der Waals surface area contributed by atoms with Crippen molar-refractivity contribution in [3.63, 3.8) is 0 Å². The minimum absolute atomic E-state index is 0.0513. The number of anilines is 1. The molecule has 162 valence electrons. The first-order valence-electron chi connectivity index (χ1n) is 11.6. The highest BCUT2D eigenvalue weighted by Crippen LogP contribution is 2.57. The molecular weight excluding hydrogens is 394 g/mol. The zero-order chi connectivity index (χ0) is 21.7. The predicted molar refractivity (Wildman–Crippen MR) is 129 cm³/mol. The number of ether oxygens (including phenoxy) is 2. The monoisotopic (exact) mass is 423 g/mol. The number of methoxy groups -OCH3 is 1. The van der Waals surface area contributed by atoms with Gasteiger partial charge in [0.15, 0.2) is 0 Å². The maximum atomic E-state index is 6.32. The van der Waals surface area contributed by atoms with Crippen molar-refractivity contribution in [1.82, 2.24) is 0 Å². The van der Waals surface area contributed by atoms with E-state index in [2.05, 4.69) is 90.7 Å². The lowest BCUT2D eigenvalue weighted by Gasteiger charge is -2.42. The van der Waals surface area contributed by atoms with E-state index in [4.69, 9.17) is 9.47 Å². The summed E-state index contributed by atoms with van der Waals surface area (Å²) in [5, 5.41) is 0. The first kappa shape index (κ1) is 19.8. The fourth-order valence-corrected chi connectivity index (χ4v) is 5.90. The fraction of sp³-hybridized carbons (Fsp3) is 0.310. The number of hydrogen-bond acceptors (Lipinski definition) is 3. The third-order valence-corrected chi connectivity index (χ3v) is 7.38. The molecule has 0 amide bonds. The van der Waals surface area contributed by atoms with E-state index in [1.807, 2.05) is 7.11 Å². The number of hydrogen-bond donors (Lipinski definition) is 0. The summed E-state index contributed by atoms with van der Waals surface area (Å²) >= 11 is 0. The summed E-state index contributed by atoms with van der Waals surface area (Å²) in [6.07, 6.45) is 1.24. The molecule has 32 heavy (non-hydrogen) atoms. The van der Waals surface area contributed by atoms with E-state index >= 15 is 0 Å². The first-order chi connectivity index (χ1) is 15.8. The Bertz CT molecular complexity index is 1150. The van der Waals surface area contributed by atoms with Crippen LogP contribution >= 0.6 is 0 Å². The summed E-state index contributed by atoms with van der Waals surface area (Å²) in [4.78, 5) is 2.55. The summed E-state index contributed by atoms with van der Waals surface area (Å²) in [7, 11) is 1.85. The highest BCUT2D eigenvalue weighted by atomic mass is 16.5. The predicted octanol–water partition coefficient (Wildman–Crippen LogP) is 5.94. The number of rotatable bonds is 4. The van der Waals surface area contributed by atoms with Gasteiger partial charge in [0.05, 0.1) is 12.1 Å². The van der Waals surface area contributed by atoms with Gasteiger partial charge < -0.3 is 14.4 Å². The van der Waals surface area contributed by atoms with Crippen molar-refractivity contribution >= 4 is 11.3 Å². The van der Waals surface area contributed by atoms with E-state index in [9.17, 15) is 0 Å². The molecule has 0 radical (unpaired) electrons. The van der Waals surface area contributed by atoms with E-state index in [0.29, 0.717) is 5.92 Å². The van der Waals surface area contributed by atoms with Crippen molar-refractivity contribution in [3.05, 3.63) is 107 Å². The van der Waals surface area contributed by atoms with Crippen LogP contribution in [0.4, 0.5) is 5.69 Å². The molecule has 0 spiro atoms. The molecule has 4 atom stereocenters. The van der Waals surface area contributed by atoms with Crippen LogP contribution in [0.5, 0.6) is 0 Å². The second kappa shape index (κ2) is 7.91. The smallest absolute Gasteiger partial charge is 0.106 e. The minimum Gasteiger partial charge on any atom is -0.374 e. The summed E-state index contributed by atoms with van der Waals surface area (Å²) in [5.74, 6) is 0.486. The van der Waals surface area contributed by atoms with E-state index in [1.165, 1.54) is 39.1 Å². The summed E-state index contributed by atoms with van der Waals surface area (Å²) in [5.41, 5.74) is 9.32. The lowest BCUT2D eigenvalue weighted by molar-refractivity contribution is 0.0505. The zero-order valence-electron chi connectivity index (χ0n) is 18.7. The Morgan fingerprint density at radius 2 is 1.69 bits per heavy atom. The Balaban J connectivity index is 1.55. The number of fused-ring (bicyclic) bond motifs is 5. The Kier molecular flexibility index (Phi) is 4.89. The van der Waals surface area contributed by atoms with Crippen LogP contribution in [0, 0.1) is 12.8 Å². The highest BCUT2D eigenvalue weighted by molar-refractivity contribution is 5.88. The number of nitrogens with zero attached hydrogens (tertiary/aromatic N) is 1. The van der Waals surface area contributed by atoms with Gasteiger partial charge in [-0.2, -0.15) is 0 Å². The molecular formula is C29H29NO2. The summed E-state index contributed by atoms with van der Waals surface area (Å²) in [6, 6.07) is 28.7. The van der Waals surface area contributed by atoms with Crippen LogP contribution in [0.3, 0.4) is 0 Å². The van der Waals surface area contributed by atoms with Gasteiger partial charge in [-0.05, 0) is 41.7 Å². The second-order valence-corrected chi connectivity index (χ2v) is 9.20. The third kappa shape index (κ3) is 3.03. The van der Waals surface area contributed by atoms with Crippen LogP contribution in [0.1, 0.15) is 34.7 Å². The molecule has 1 aliphatic carbocycles. The molecule has 3 aromatic carbocycles. The zero-order valence-corrected chi connectivity index (χ0v) is 18.7. The van der Waals surface area contributed by atoms with Crippen molar-refractivity contribution < 1.29 is 9.47 Å². The van der Waals surface area contributed by atoms with E-state index < -0.39 is 0 Å².